The molecule has 0 amide bonds. The van der Waals surface area contributed by atoms with Gasteiger partial charge in [-0.1, -0.05) is 11.8 Å². The summed E-state index contributed by atoms with van der Waals surface area (Å²) >= 11 is 16.2. The number of hydrogen-bond acceptors (Lipinski definition) is 0. The summed E-state index contributed by atoms with van der Waals surface area (Å²) in [6, 6.07) is -2.42. The highest BCUT2D eigenvalue weighted by Crippen LogP contribution is 2.20. The van der Waals surface area contributed by atoms with Gasteiger partial charge in [-0.15, -0.1) is 33.2 Å². The summed E-state index contributed by atoms with van der Waals surface area (Å²) in [7, 11) is 0. The van der Waals surface area contributed by atoms with Crippen molar-refractivity contribution in [2.24, 2.45) is 0 Å². The van der Waals surface area contributed by atoms with Crippen LogP contribution in [0.4, 0.5) is 0 Å². The Balaban J connectivity index is 3.56. The Morgan fingerprint density at radius 3 is 1.71 bits per heavy atom. The monoisotopic (exact) mass is 174 g/mol. The van der Waals surface area contributed by atoms with E-state index in [0.29, 0.717) is 0 Å². The van der Waals surface area contributed by atoms with Crippen LogP contribution in [0.15, 0.2) is 11.8 Å². The molecule has 0 radical (unpaired) electrons. The van der Waals surface area contributed by atoms with Crippen molar-refractivity contribution >= 4 is 39.2 Å². The standard InChI is InChI=1S/C3H5Cl3Si/c1-2-3-7(4,5)6/h2-3H,1H3/b3-2+. The third-order valence-electron chi connectivity index (χ3n) is 0.356. The van der Waals surface area contributed by atoms with Gasteiger partial charge in [0.1, 0.15) is 0 Å². The summed E-state index contributed by atoms with van der Waals surface area (Å²) in [6.45, 7) is 1.83. The van der Waals surface area contributed by atoms with Gasteiger partial charge >= 0.3 is 6.00 Å². The van der Waals surface area contributed by atoms with Crippen molar-refractivity contribution in [2.45, 2.75) is 6.92 Å². The summed E-state index contributed by atoms with van der Waals surface area (Å²) in [6.07, 6.45) is 1.75. The number of halogens is 3. The maximum atomic E-state index is 5.42. The SMILES string of the molecule is C/C=C/[Si](Cl)(Cl)Cl. The van der Waals surface area contributed by atoms with Crippen LogP contribution in [0, 0.1) is 0 Å². The number of hydrogen-bond donors (Lipinski definition) is 0. The van der Waals surface area contributed by atoms with Crippen molar-refractivity contribution in [1.82, 2.24) is 0 Å². The van der Waals surface area contributed by atoms with Gasteiger partial charge in [-0.3, -0.25) is 0 Å². The Hall–Kier alpha value is 0.827. The number of allylic oxidation sites excluding steroid dienone is 1. The van der Waals surface area contributed by atoms with Gasteiger partial charge in [-0.2, -0.15) is 0 Å². The lowest BCUT2D eigenvalue weighted by Gasteiger charge is -1.94. The molecule has 0 unspecified atom stereocenters. The van der Waals surface area contributed by atoms with Crippen molar-refractivity contribution in [3.8, 4) is 0 Å². The molecule has 0 nitrogen and oxygen atoms in total. The average Bonchev–Trinajstić information content (AvgIpc) is 1.30. The minimum absolute atomic E-state index is 1.62. The minimum atomic E-state index is -2.42. The van der Waals surface area contributed by atoms with E-state index in [1.54, 1.807) is 11.8 Å². The first-order valence-corrected chi connectivity index (χ1v) is 6.88. The predicted molar refractivity (Wildman–Crippen MR) is 38.1 cm³/mol. The molecule has 0 saturated heterocycles. The highest BCUT2D eigenvalue weighted by molar-refractivity contribution is 7.66. The molecule has 0 spiro atoms. The first-order valence-electron chi connectivity index (χ1n) is 1.77. The van der Waals surface area contributed by atoms with Gasteiger partial charge in [-0.25, -0.2) is 0 Å². The van der Waals surface area contributed by atoms with E-state index >= 15 is 0 Å². The molecule has 7 heavy (non-hydrogen) atoms. The van der Waals surface area contributed by atoms with Gasteiger partial charge in [0.05, 0.1) is 0 Å². The van der Waals surface area contributed by atoms with Crippen LogP contribution in [0.3, 0.4) is 0 Å². The smallest absolute Gasteiger partial charge is 0.121 e. The number of rotatable bonds is 1. The Bertz CT molecular complexity index is 72.7. The zero-order chi connectivity index (χ0) is 5.91. The molecule has 0 aliphatic heterocycles. The van der Waals surface area contributed by atoms with E-state index in [2.05, 4.69) is 0 Å². The van der Waals surface area contributed by atoms with Gasteiger partial charge < -0.3 is 0 Å². The van der Waals surface area contributed by atoms with Crippen molar-refractivity contribution in [2.75, 3.05) is 0 Å². The Kier molecular flexibility index (Phi) is 3.33. The van der Waals surface area contributed by atoms with Crippen molar-refractivity contribution < 1.29 is 0 Å². The molecule has 0 N–H and O–H groups in total. The molecule has 0 heterocycles. The van der Waals surface area contributed by atoms with E-state index in [0.717, 1.165) is 0 Å². The van der Waals surface area contributed by atoms with E-state index < -0.39 is 6.00 Å². The second-order valence-corrected chi connectivity index (χ2v) is 9.56. The second-order valence-electron chi connectivity index (χ2n) is 1.04. The first kappa shape index (κ1) is 7.83. The first-order chi connectivity index (χ1) is 3.06. The Labute approximate surface area is 58.2 Å². The van der Waals surface area contributed by atoms with E-state index in [4.69, 9.17) is 33.2 Å². The largest absolute Gasteiger partial charge is 0.365 e. The van der Waals surface area contributed by atoms with Gasteiger partial charge in [0.15, 0.2) is 0 Å². The molecule has 0 aromatic carbocycles. The van der Waals surface area contributed by atoms with Crippen LogP contribution in [0.1, 0.15) is 6.92 Å². The minimum Gasteiger partial charge on any atom is -0.121 e. The lowest BCUT2D eigenvalue weighted by atomic mass is 10.8. The average molecular weight is 176 g/mol. The van der Waals surface area contributed by atoms with Crippen molar-refractivity contribution in [1.29, 1.82) is 0 Å². The van der Waals surface area contributed by atoms with E-state index in [1.165, 1.54) is 0 Å². The summed E-state index contributed by atoms with van der Waals surface area (Å²) in [5, 5.41) is 0. The normalized spacial score (nSPS) is 13.1. The topological polar surface area (TPSA) is 0 Å². The quantitative estimate of drug-likeness (QED) is 0.425. The third-order valence-corrected chi connectivity index (χ3v) is 2.20. The summed E-state index contributed by atoms with van der Waals surface area (Å²) in [5.41, 5.74) is 1.62. The van der Waals surface area contributed by atoms with Crippen molar-refractivity contribution in [3.05, 3.63) is 11.8 Å². The molecule has 0 atom stereocenters. The maximum absolute atomic E-state index is 5.42. The van der Waals surface area contributed by atoms with Gasteiger partial charge in [0, 0.05) is 0 Å². The molecule has 0 bridgehead atoms. The Morgan fingerprint density at radius 1 is 1.29 bits per heavy atom. The lowest BCUT2D eigenvalue weighted by Crippen LogP contribution is -2.02. The molecule has 0 aromatic rings. The van der Waals surface area contributed by atoms with Crippen LogP contribution in [-0.4, -0.2) is 6.00 Å². The maximum Gasteiger partial charge on any atom is 0.365 e. The molecule has 0 aromatic heterocycles. The summed E-state index contributed by atoms with van der Waals surface area (Å²) in [4.78, 5) is 0. The second kappa shape index (κ2) is 2.97. The molecule has 42 valence electrons. The fraction of sp³-hybridized carbons (Fsp3) is 0.333. The molecule has 0 fully saturated rings. The summed E-state index contributed by atoms with van der Waals surface area (Å²) < 4.78 is 0. The Morgan fingerprint density at radius 2 is 1.71 bits per heavy atom. The summed E-state index contributed by atoms with van der Waals surface area (Å²) in [5.74, 6) is 0. The molecule has 0 saturated carbocycles. The highest BCUT2D eigenvalue weighted by atomic mass is 35.8. The molecular weight excluding hydrogens is 170 g/mol. The van der Waals surface area contributed by atoms with E-state index in [1.807, 2.05) is 6.92 Å². The molecule has 0 rings (SSSR count). The zero-order valence-corrected chi connectivity index (χ0v) is 7.06. The fourth-order valence-electron chi connectivity index (χ4n) is 0.189. The van der Waals surface area contributed by atoms with Gasteiger partial charge in [0.2, 0.25) is 0 Å². The van der Waals surface area contributed by atoms with Gasteiger partial charge in [0.25, 0.3) is 0 Å². The lowest BCUT2D eigenvalue weighted by molar-refractivity contribution is 1.78. The van der Waals surface area contributed by atoms with E-state index in [-0.39, 0.29) is 0 Å². The van der Waals surface area contributed by atoms with Crippen LogP contribution >= 0.6 is 33.2 Å². The van der Waals surface area contributed by atoms with Crippen LogP contribution in [0.25, 0.3) is 0 Å². The van der Waals surface area contributed by atoms with Gasteiger partial charge in [-0.05, 0) is 6.92 Å². The molecule has 4 heteroatoms. The fourth-order valence-corrected chi connectivity index (χ4v) is 1.70. The van der Waals surface area contributed by atoms with Crippen molar-refractivity contribution in [3.63, 3.8) is 0 Å². The van der Waals surface area contributed by atoms with Crippen LogP contribution in [0.5, 0.6) is 0 Å². The zero-order valence-electron chi connectivity index (χ0n) is 3.79. The molecule has 0 aliphatic carbocycles. The van der Waals surface area contributed by atoms with E-state index in [9.17, 15) is 0 Å². The molecule has 0 aliphatic rings. The third kappa shape index (κ3) is 6.83. The van der Waals surface area contributed by atoms with Crippen LogP contribution in [0.2, 0.25) is 0 Å². The van der Waals surface area contributed by atoms with Crippen LogP contribution < -0.4 is 0 Å². The molecular formula is C3H5Cl3Si. The highest BCUT2D eigenvalue weighted by Gasteiger charge is 2.18. The van der Waals surface area contributed by atoms with Crippen LogP contribution in [-0.2, 0) is 0 Å². The predicted octanol–water partition coefficient (Wildman–Crippen LogP) is 2.76.